The maximum Gasteiger partial charge on any atom is 0.253 e. The zero-order valence-electron chi connectivity index (χ0n) is 12.8. The number of carbonyl (C=O) groups excluding carboxylic acids is 2. The van der Waals surface area contributed by atoms with E-state index in [1.54, 1.807) is 4.90 Å². The molecule has 2 aliphatic rings. The third-order valence-electron chi connectivity index (χ3n) is 4.66. The summed E-state index contributed by atoms with van der Waals surface area (Å²) in [5.74, 6) is 0.682. The molecule has 1 unspecified atom stereocenters. The lowest BCUT2D eigenvalue weighted by molar-refractivity contribution is -0.136. The van der Waals surface area contributed by atoms with E-state index in [1.807, 2.05) is 31.2 Å². The molecule has 0 radical (unpaired) electrons. The Morgan fingerprint density at radius 2 is 1.81 bits per heavy atom. The van der Waals surface area contributed by atoms with Crippen molar-refractivity contribution in [1.82, 2.24) is 5.32 Å². The summed E-state index contributed by atoms with van der Waals surface area (Å²) >= 11 is 0. The van der Waals surface area contributed by atoms with Gasteiger partial charge in [0.25, 0.3) is 5.91 Å². The number of rotatable bonds is 3. The van der Waals surface area contributed by atoms with Gasteiger partial charge in [-0.25, -0.2) is 0 Å². The second-order valence-corrected chi connectivity index (χ2v) is 6.66. The van der Waals surface area contributed by atoms with Crippen molar-refractivity contribution in [1.29, 1.82) is 0 Å². The maximum atomic E-state index is 12.8. The second kappa shape index (κ2) is 4.86. The van der Waals surface area contributed by atoms with Crippen LogP contribution in [-0.4, -0.2) is 23.9 Å². The van der Waals surface area contributed by atoms with Gasteiger partial charge in [-0.2, -0.15) is 0 Å². The van der Waals surface area contributed by atoms with Crippen molar-refractivity contribution in [2.24, 2.45) is 5.92 Å². The lowest BCUT2D eigenvalue weighted by atomic mass is 9.91. The van der Waals surface area contributed by atoms with Crippen LogP contribution in [0.2, 0.25) is 0 Å². The van der Waals surface area contributed by atoms with Gasteiger partial charge in [0, 0.05) is 5.69 Å². The van der Waals surface area contributed by atoms with Crippen molar-refractivity contribution >= 4 is 17.5 Å². The van der Waals surface area contributed by atoms with E-state index < -0.39 is 5.54 Å². The van der Waals surface area contributed by atoms with Gasteiger partial charge in [-0.1, -0.05) is 26.0 Å². The minimum atomic E-state index is -0.730. The van der Waals surface area contributed by atoms with E-state index in [2.05, 4.69) is 19.2 Å². The fourth-order valence-corrected chi connectivity index (χ4v) is 3.06. The number of nitrogens with one attached hydrogen (secondary N) is 1. The van der Waals surface area contributed by atoms with Crippen LogP contribution >= 0.6 is 0 Å². The predicted octanol–water partition coefficient (Wildman–Crippen LogP) is 2.44. The molecule has 4 nitrogen and oxygen atoms in total. The highest BCUT2D eigenvalue weighted by atomic mass is 16.2. The molecular formula is C17H22N2O2. The first-order valence-electron chi connectivity index (χ1n) is 7.65. The van der Waals surface area contributed by atoms with Crippen LogP contribution in [0.5, 0.6) is 0 Å². The Labute approximate surface area is 125 Å². The van der Waals surface area contributed by atoms with Crippen molar-refractivity contribution in [3.63, 3.8) is 0 Å². The first-order valence-corrected chi connectivity index (χ1v) is 7.65. The van der Waals surface area contributed by atoms with E-state index in [-0.39, 0.29) is 24.3 Å². The normalized spacial score (nSPS) is 26.2. The summed E-state index contributed by atoms with van der Waals surface area (Å²) < 4.78 is 0. The Bertz CT molecular complexity index is 575. The number of nitrogens with zero attached hydrogens (tertiary/aromatic N) is 1. The Morgan fingerprint density at radius 1 is 1.19 bits per heavy atom. The van der Waals surface area contributed by atoms with Crippen LogP contribution in [0.4, 0.5) is 5.69 Å². The first-order chi connectivity index (χ1) is 9.91. The van der Waals surface area contributed by atoms with E-state index in [9.17, 15) is 9.59 Å². The molecule has 1 aromatic rings. The second-order valence-electron chi connectivity index (χ2n) is 6.66. The summed E-state index contributed by atoms with van der Waals surface area (Å²) in [7, 11) is 0. The molecule has 0 bridgehead atoms. The van der Waals surface area contributed by atoms with Crippen LogP contribution in [0, 0.1) is 5.92 Å². The van der Waals surface area contributed by atoms with E-state index in [0.29, 0.717) is 5.92 Å². The third kappa shape index (κ3) is 2.43. The topological polar surface area (TPSA) is 49.4 Å². The van der Waals surface area contributed by atoms with Gasteiger partial charge in [0.2, 0.25) is 5.91 Å². The Kier molecular flexibility index (Phi) is 3.27. The third-order valence-corrected chi connectivity index (χ3v) is 4.66. The monoisotopic (exact) mass is 286 g/mol. The molecule has 0 aromatic heterocycles. The quantitative estimate of drug-likeness (QED) is 0.928. The SMILES string of the molecule is CC(C)c1ccc(N2CC(=O)NC(C)(C3CC3)C2=O)cc1. The predicted molar refractivity (Wildman–Crippen MR) is 82.2 cm³/mol. The summed E-state index contributed by atoms with van der Waals surface area (Å²) in [6.07, 6.45) is 2.03. The molecule has 1 N–H and O–H groups in total. The number of carbonyl (C=O) groups is 2. The molecule has 1 aromatic carbocycles. The Morgan fingerprint density at radius 3 is 2.33 bits per heavy atom. The molecule has 1 heterocycles. The molecule has 21 heavy (non-hydrogen) atoms. The summed E-state index contributed by atoms with van der Waals surface area (Å²) in [5.41, 5.74) is 1.32. The van der Waals surface area contributed by atoms with Gasteiger partial charge in [-0.15, -0.1) is 0 Å². The van der Waals surface area contributed by atoms with Crippen LogP contribution in [0.1, 0.15) is 45.1 Å². The summed E-state index contributed by atoms with van der Waals surface area (Å²) in [6.45, 7) is 6.25. The Hall–Kier alpha value is -1.84. The van der Waals surface area contributed by atoms with Gasteiger partial charge in [0.05, 0.1) is 0 Å². The maximum absolute atomic E-state index is 12.8. The molecule has 112 valence electrons. The van der Waals surface area contributed by atoms with Crippen LogP contribution in [0.3, 0.4) is 0 Å². The van der Waals surface area contributed by atoms with E-state index in [1.165, 1.54) is 5.56 Å². The van der Waals surface area contributed by atoms with E-state index in [0.717, 1.165) is 18.5 Å². The fourth-order valence-electron chi connectivity index (χ4n) is 3.06. The average Bonchev–Trinajstić information content (AvgIpc) is 3.28. The highest BCUT2D eigenvalue weighted by molar-refractivity contribution is 6.09. The molecule has 2 amide bonds. The van der Waals surface area contributed by atoms with Crippen molar-refractivity contribution in [3.05, 3.63) is 29.8 Å². The van der Waals surface area contributed by atoms with Gasteiger partial charge >= 0.3 is 0 Å². The summed E-state index contributed by atoms with van der Waals surface area (Å²) in [6, 6.07) is 7.96. The van der Waals surface area contributed by atoms with Gasteiger partial charge < -0.3 is 10.2 Å². The zero-order chi connectivity index (χ0) is 15.2. The van der Waals surface area contributed by atoms with Crippen LogP contribution in [0.25, 0.3) is 0 Å². The molecular weight excluding hydrogens is 264 g/mol. The van der Waals surface area contributed by atoms with Gasteiger partial charge in [0.1, 0.15) is 12.1 Å². The van der Waals surface area contributed by atoms with Gasteiger partial charge in [0.15, 0.2) is 0 Å². The first kappa shape index (κ1) is 14.1. The van der Waals surface area contributed by atoms with E-state index >= 15 is 0 Å². The van der Waals surface area contributed by atoms with Crippen molar-refractivity contribution < 1.29 is 9.59 Å². The molecule has 2 fully saturated rings. The lowest BCUT2D eigenvalue weighted by Crippen LogP contribution is -2.66. The van der Waals surface area contributed by atoms with Gasteiger partial charge in [-0.3, -0.25) is 9.59 Å². The van der Waals surface area contributed by atoms with Crippen molar-refractivity contribution in [2.45, 2.75) is 45.1 Å². The smallest absolute Gasteiger partial charge is 0.253 e. The molecule has 1 aliphatic carbocycles. The number of amides is 2. The lowest BCUT2D eigenvalue weighted by Gasteiger charge is -2.40. The number of piperazine rings is 1. The summed E-state index contributed by atoms with van der Waals surface area (Å²) in [5, 5.41) is 2.90. The molecule has 1 aliphatic heterocycles. The highest BCUT2D eigenvalue weighted by Crippen LogP contribution is 2.42. The van der Waals surface area contributed by atoms with Crippen molar-refractivity contribution in [3.8, 4) is 0 Å². The standard InChI is InChI=1S/C17H22N2O2/c1-11(2)12-4-8-14(9-5-12)19-10-15(20)18-17(3,16(19)21)13-6-7-13/h4-5,8-9,11,13H,6-7,10H2,1-3H3,(H,18,20). The number of benzene rings is 1. The van der Waals surface area contributed by atoms with Crippen LogP contribution in [0.15, 0.2) is 24.3 Å². The molecule has 1 atom stereocenters. The van der Waals surface area contributed by atoms with Crippen molar-refractivity contribution in [2.75, 3.05) is 11.4 Å². The molecule has 1 saturated carbocycles. The van der Waals surface area contributed by atoms with Crippen LogP contribution in [-0.2, 0) is 9.59 Å². The molecule has 0 spiro atoms. The fraction of sp³-hybridized carbons (Fsp3) is 0.529. The Balaban J connectivity index is 1.89. The minimum Gasteiger partial charge on any atom is -0.340 e. The van der Waals surface area contributed by atoms with Crippen LogP contribution < -0.4 is 10.2 Å². The highest BCUT2D eigenvalue weighted by Gasteiger charge is 2.52. The number of hydrogen-bond donors (Lipinski definition) is 1. The average molecular weight is 286 g/mol. The number of anilines is 1. The molecule has 1 saturated heterocycles. The van der Waals surface area contributed by atoms with E-state index in [4.69, 9.17) is 0 Å². The molecule has 4 heteroatoms. The largest absolute Gasteiger partial charge is 0.340 e. The minimum absolute atomic E-state index is 0.0156. The zero-order valence-corrected chi connectivity index (χ0v) is 12.8. The summed E-state index contributed by atoms with van der Waals surface area (Å²) in [4.78, 5) is 26.4. The number of hydrogen-bond acceptors (Lipinski definition) is 2. The molecule has 3 rings (SSSR count). The van der Waals surface area contributed by atoms with Gasteiger partial charge in [-0.05, 0) is 49.3 Å².